The minimum absolute atomic E-state index is 0.118. The number of nitrogens with zero attached hydrogens (tertiary/aromatic N) is 4. The molecule has 4 aromatic rings. The Labute approximate surface area is 215 Å². The first-order valence-electron chi connectivity index (χ1n) is 12.4. The van der Waals surface area contributed by atoms with Gasteiger partial charge < -0.3 is 20.9 Å². The van der Waals surface area contributed by atoms with Gasteiger partial charge in [0.2, 0.25) is 5.95 Å². The van der Waals surface area contributed by atoms with Crippen molar-refractivity contribution in [2.45, 2.75) is 64.2 Å². The zero-order valence-electron chi connectivity index (χ0n) is 20.5. The summed E-state index contributed by atoms with van der Waals surface area (Å²) in [6, 6.07) is 13.7. The first-order valence-corrected chi connectivity index (χ1v) is 12.8. The minimum Gasteiger partial charge on any atom is -0.364 e. The third kappa shape index (κ3) is 5.29. The van der Waals surface area contributed by atoms with Crippen LogP contribution in [0.2, 0.25) is 5.02 Å². The second kappa shape index (κ2) is 10.4. The summed E-state index contributed by atoms with van der Waals surface area (Å²) in [5.74, 6) is 0.887. The summed E-state index contributed by atoms with van der Waals surface area (Å²) in [7, 11) is 0. The van der Waals surface area contributed by atoms with Gasteiger partial charge in [0.05, 0.1) is 11.3 Å². The van der Waals surface area contributed by atoms with Gasteiger partial charge in [-0.1, -0.05) is 41.9 Å². The molecule has 36 heavy (non-hydrogen) atoms. The molecule has 2 heterocycles. The van der Waals surface area contributed by atoms with Gasteiger partial charge in [0.1, 0.15) is 5.82 Å². The number of hydrogen-bond acceptors (Lipinski definition) is 6. The normalized spacial score (nSPS) is 18.1. The third-order valence-corrected chi connectivity index (χ3v) is 7.04. The number of aromatic nitrogens is 4. The van der Waals surface area contributed by atoms with Crippen LogP contribution in [0.5, 0.6) is 0 Å². The summed E-state index contributed by atoms with van der Waals surface area (Å²) in [4.78, 5) is 14.2. The summed E-state index contributed by atoms with van der Waals surface area (Å²) in [6.07, 6.45) is 5.87. The van der Waals surface area contributed by atoms with Gasteiger partial charge in [0, 0.05) is 24.7 Å². The summed E-state index contributed by atoms with van der Waals surface area (Å²) in [5.41, 5.74) is 10.6. The van der Waals surface area contributed by atoms with Crippen molar-refractivity contribution in [2.24, 2.45) is 5.73 Å². The van der Waals surface area contributed by atoms with Crippen LogP contribution >= 0.6 is 11.6 Å². The van der Waals surface area contributed by atoms with Crippen molar-refractivity contribution in [3.63, 3.8) is 0 Å². The molecule has 0 unspecified atom stereocenters. The highest BCUT2D eigenvalue weighted by Crippen LogP contribution is 2.28. The van der Waals surface area contributed by atoms with Crippen LogP contribution in [0.25, 0.3) is 22.3 Å². The van der Waals surface area contributed by atoms with E-state index in [2.05, 4.69) is 34.0 Å². The second-order valence-corrected chi connectivity index (χ2v) is 10.2. The van der Waals surface area contributed by atoms with Crippen molar-refractivity contribution in [2.75, 3.05) is 10.6 Å². The van der Waals surface area contributed by atoms with E-state index in [1.165, 1.54) is 6.07 Å². The highest BCUT2D eigenvalue weighted by molar-refractivity contribution is 6.31. The number of nitrogens with two attached hydrogens (primary N) is 1. The number of halogens is 2. The molecule has 1 aliphatic carbocycles. The molecule has 0 atom stereocenters. The molecular weight excluding hydrogens is 477 g/mol. The lowest BCUT2D eigenvalue weighted by Crippen LogP contribution is -2.33. The van der Waals surface area contributed by atoms with E-state index in [-0.39, 0.29) is 17.1 Å². The van der Waals surface area contributed by atoms with E-state index in [0.717, 1.165) is 53.5 Å². The molecule has 1 aliphatic rings. The highest BCUT2D eigenvalue weighted by atomic mass is 35.5. The lowest BCUT2D eigenvalue weighted by atomic mass is 9.92. The van der Waals surface area contributed by atoms with Crippen LogP contribution in [0.3, 0.4) is 0 Å². The van der Waals surface area contributed by atoms with E-state index in [9.17, 15) is 4.39 Å². The van der Waals surface area contributed by atoms with Crippen LogP contribution < -0.4 is 16.4 Å². The molecule has 1 saturated carbocycles. The maximum atomic E-state index is 13.5. The molecule has 5 rings (SSSR count). The van der Waals surface area contributed by atoms with Crippen LogP contribution in [0.4, 0.5) is 16.2 Å². The molecule has 0 saturated heterocycles. The van der Waals surface area contributed by atoms with Crippen molar-refractivity contribution in [3.05, 3.63) is 65.2 Å². The number of nitrogens with one attached hydrogen (secondary N) is 2. The molecule has 4 N–H and O–H groups in total. The van der Waals surface area contributed by atoms with Gasteiger partial charge in [-0.2, -0.15) is 9.97 Å². The summed E-state index contributed by atoms with van der Waals surface area (Å²) < 4.78 is 15.6. The van der Waals surface area contributed by atoms with Crippen molar-refractivity contribution < 1.29 is 4.39 Å². The number of fused-ring (bicyclic) bond motifs is 1. The Morgan fingerprint density at radius 1 is 1.06 bits per heavy atom. The molecule has 188 valence electrons. The molecule has 0 bridgehead atoms. The average molecular weight is 508 g/mol. The van der Waals surface area contributed by atoms with Gasteiger partial charge in [-0.25, -0.2) is 9.37 Å². The van der Waals surface area contributed by atoms with E-state index in [1.54, 1.807) is 12.1 Å². The number of imidazole rings is 1. The van der Waals surface area contributed by atoms with Crippen LogP contribution in [-0.2, 0) is 6.54 Å². The Balaban J connectivity index is 1.36. The van der Waals surface area contributed by atoms with Gasteiger partial charge >= 0.3 is 0 Å². The summed E-state index contributed by atoms with van der Waals surface area (Å²) in [5, 5.41) is 7.10. The topological polar surface area (TPSA) is 93.7 Å². The fraction of sp³-hybridized carbons (Fsp3) is 0.370. The molecule has 0 radical (unpaired) electrons. The van der Waals surface area contributed by atoms with Crippen LogP contribution in [0.1, 0.15) is 51.1 Å². The zero-order chi connectivity index (χ0) is 25.2. The lowest BCUT2D eigenvalue weighted by molar-refractivity contribution is 0.410. The van der Waals surface area contributed by atoms with E-state index >= 15 is 0 Å². The standard InChI is InChI=1S/C27H31ClFN7/c1-16(2)36-15-32-24-25(34-27(35-26(24)36)33-21-10-8-20(30)9-11-21)31-14-17-3-5-18(6-4-17)19-7-12-23(29)22(28)13-19/h3-7,12-13,15-16,20-21H,8-11,14,30H2,1-2H3,(H2,31,33,34,35). The number of hydrogen-bond donors (Lipinski definition) is 3. The SMILES string of the molecule is CC(C)n1cnc2c(NCc3ccc(-c4ccc(F)c(Cl)c4)cc3)nc(NC3CCC(N)CC3)nc21. The molecular formula is C27H31ClFN7. The first kappa shape index (κ1) is 24.5. The van der Waals surface area contributed by atoms with E-state index < -0.39 is 5.82 Å². The molecule has 0 amide bonds. The quantitative estimate of drug-likeness (QED) is 0.277. The molecule has 0 spiro atoms. The lowest BCUT2D eigenvalue weighted by Gasteiger charge is -2.27. The molecule has 7 nitrogen and oxygen atoms in total. The van der Waals surface area contributed by atoms with Gasteiger partial charge in [-0.05, 0) is 68.4 Å². The maximum absolute atomic E-state index is 13.5. The van der Waals surface area contributed by atoms with E-state index in [1.807, 2.05) is 30.6 Å². The van der Waals surface area contributed by atoms with Crippen LogP contribution in [-0.4, -0.2) is 31.6 Å². The van der Waals surface area contributed by atoms with Crippen molar-refractivity contribution in [1.82, 2.24) is 19.5 Å². The molecule has 9 heteroatoms. The molecule has 2 aromatic heterocycles. The first-order chi connectivity index (χ1) is 17.4. The fourth-order valence-electron chi connectivity index (χ4n) is 4.60. The molecule has 2 aromatic carbocycles. The smallest absolute Gasteiger partial charge is 0.227 e. The van der Waals surface area contributed by atoms with Gasteiger partial charge in [-0.15, -0.1) is 0 Å². The Bertz CT molecular complexity index is 1340. The molecule has 1 fully saturated rings. The number of benzene rings is 2. The van der Waals surface area contributed by atoms with Crippen molar-refractivity contribution in [1.29, 1.82) is 0 Å². The Kier molecular flexibility index (Phi) is 7.07. The Morgan fingerprint density at radius 3 is 2.47 bits per heavy atom. The average Bonchev–Trinajstić information content (AvgIpc) is 3.30. The third-order valence-electron chi connectivity index (χ3n) is 6.75. The fourth-order valence-corrected chi connectivity index (χ4v) is 4.79. The summed E-state index contributed by atoms with van der Waals surface area (Å²) >= 11 is 5.95. The van der Waals surface area contributed by atoms with Gasteiger partial charge in [0.25, 0.3) is 0 Å². The van der Waals surface area contributed by atoms with Gasteiger partial charge in [0.15, 0.2) is 17.0 Å². The summed E-state index contributed by atoms with van der Waals surface area (Å²) in [6.45, 7) is 4.80. The van der Waals surface area contributed by atoms with E-state index in [4.69, 9.17) is 27.3 Å². The van der Waals surface area contributed by atoms with Crippen LogP contribution in [0.15, 0.2) is 48.8 Å². The zero-order valence-corrected chi connectivity index (χ0v) is 21.3. The van der Waals surface area contributed by atoms with E-state index in [0.29, 0.717) is 24.4 Å². The Hall–Kier alpha value is -3.23. The predicted octanol–water partition coefficient (Wildman–Crippen LogP) is 6.16. The Morgan fingerprint density at radius 2 is 1.78 bits per heavy atom. The highest BCUT2D eigenvalue weighted by Gasteiger charge is 2.21. The van der Waals surface area contributed by atoms with Crippen LogP contribution in [0, 0.1) is 5.82 Å². The monoisotopic (exact) mass is 507 g/mol. The number of anilines is 2. The second-order valence-electron chi connectivity index (χ2n) is 9.75. The van der Waals surface area contributed by atoms with Gasteiger partial charge in [-0.3, -0.25) is 0 Å². The molecule has 0 aliphatic heterocycles. The largest absolute Gasteiger partial charge is 0.364 e. The maximum Gasteiger partial charge on any atom is 0.227 e. The number of rotatable bonds is 7. The predicted molar refractivity (Wildman–Crippen MR) is 144 cm³/mol. The van der Waals surface area contributed by atoms with Crippen molar-refractivity contribution >= 4 is 34.5 Å². The minimum atomic E-state index is -0.418. The van der Waals surface area contributed by atoms with Crippen molar-refractivity contribution in [3.8, 4) is 11.1 Å².